The topological polar surface area (TPSA) is 80.2 Å². The maximum atomic E-state index is 13.3. The smallest absolute Gasteiger partial charge is 0.387 e. The minimum absolute atomic E-state index is 0.00741. The van der Waals surface area contributed by atoms with Gasteiger partial charge in [-0.05, 0) is 78.5 Å². The fraction of sp³-hybridized carbons (Fsp3) is 0.160. The minimum Gasteiger partial charge on any atom is -0.497 e. The number of aliphatic imine (C=N–C) groups is 1. The number of methoxy groups -OCH3 is 1. The lowest BCUT2D eigenvalue weighted by atomic mass is 10.2. The summed E-state index contributed by atoms with van der Waals surface area (Å²) in [6.45, 7) is -1.02. The highest BCUT2D eigenvalue weighted by molar-refractivity contribution is 8.14. The molecule has 11 heteroatoms. The van der Waals surface area contributed by atoms with Crippen LogP contribution in [0.1, 0.15) is 10.4 Å². The van der Waals surface area contributed by atoms with Crippen LogP contribution in [0.4, 0.5) is 20.2 Å². The number of rotatable bonds is 8. The zero-order chi connectivity index (χ0) is 25.7. The van der Waals surface area contributed by atoms with Crippen molar-refractivity contribution in [3.63, 3.8) is 0 Å². The molecule has 0 atom stereocenters. The summed E-state index contributed by atoms with van der Waals surface area (Å²) in [5.41, 5.74) is 2.24. The molecule has 0 aliphatic carbocycles. The molecule has 0 bridgehead atoms. The molecule has 2 amide bonds. The van der Waals surface area contributed by atoms with Crippen LogP contribution in [0, 0.1) is 6.92 Å². The van der Waals surface area contributed by atoms with Gasteiger partial charge < -0.3 is 14.8 Å². The summed E-state index contributed by atoms with van der Waals surface area (Å²) in [5.74, 6) is -0.0413. The van der Waals surface area contributed by atoms with Crippen molar-refractivity contribution in [3.05, 3.63) is 76.1 Å². The Labute approximate surface area is 214 Å². The first-order valence-electron chi connectivity index (χ1n) is 10.6. The first-order valence-corrected chi connectivity index (χ1v) is 12.5. The van der Waals surface area contributed by atoms with Gasteiger partial charge in [0.1, 0.15) is 17.2 Å². The second-order valence-corrected chi connectivity index (χ2v) is 9.36. The number of benzene rings is 2. The number of hydrogen-bond acceptors (Lipinski definition) is 7. The summed E-state index contributed by atoms with van der Waals surface area (Å²) in [4.78, 5) is 32.6. The molecule has 0 spiro atoms. The number of carbonyl (C=O) groups excluding carboxylic acids is 2. The lowest BCUT2D eigenvalue weighted by Gasteiger charge is -2.18. The summed E-state index contributed by atoms with van der Waals surface area (Å²) in [7, 11) is 1.56. The molecule has 2 aromatic carbocycles. The van der Waals surface area contributed by atoms with Crippen molar-refractivity contribution in [1.29, 1.82) is 0 Å². The Balaban J connectivity index is 1.54. The van der Waals surface area contributed by atoms with Gasteiger partial charge in [0.05, 0.1) is 18.6 Å². The van der Waals surface area contributed by atoms with Crippen molar-refractivity contribution < 1.29 is 27.8 Å². The number of ether oxygens (including phenoxy) is 2. The van der Waals surface area contributed by atoms with E-state index in [1.807, 2.05) is 18.4 Å². The van der Waals surface area contributed by atoms with Crippen molar-refractivity contribution in [3.8, 4) is 11.5 Å². The zero-order valence-electron chi connectivity index (χ0n) is 19.2. The number of carbonyl (C=O) groups is 2. The maximum Gasteiger partial charge on any atom is 0.387 e. The van der Waals surface area contributed by atoms with Gasteiger partial charge in [-0.15, -0.1) is 11.3 Å². The number of thioether (sulfide) groups is 1. The van der Waals surface area contributed by atoms with Crippen LogP contribution in [0.2, 0.25) is 0 Å². The third-order valence-electron chi connectivity index (χ3n) is 5.03. The molecule has 2 heterocycles. The highest BCUT2D eigenvalue weighted by atomic mass is 32.2. The van der Waals surface area contributed by atoms with E-state index in [1.54, 1.807) is 37.5 Å². The molecule has 0 fully saturated rings. The van der Waals surface area contributed by atoms with Gasteiger partial charge in [-0.1, -0.05) is 11.8 Å². The number of aryl methyl sites for hydroxylation is 1. The molecule has 0 unspecified atom stereocenters. The monoisotopic (exact) mass is 529 g/mol. The van der Waals surface area contributed by atoms with E-state index in [9.17, 15) is 18.4 Å². The third-order valence-corrected chi connectivity index (χ3v) is 6.93. The van der Waals surface area contributed by atoms with Gasteiger partial charge in [0.25, 0.3) is 5.91 Å². The lowest BCUT2D eigenvalue weighted by Crippen LogP contribution is -2.31. The Morgan fingerprint density at radius 2 is 1.83 bits per heavy atom. The normalized spacial score (nSPS) is 14.4. The van der Waals surface area contributed by atoms with Crippen molar-refractivity contribution in [2.45, 2.75) is 13.5 Å². The molecule has 36 heavy (non-hydrogen) atoms. The largest absolute Gasteiger partial charge is 0.497 e. The summed E-state index contributed by atoms with van der Waals surface area (Å²) in [5, 5.41) is 5.01. The lowest BCUT2D eigenvalue weighted by molar-refractivity contribution is -0.114. The number of thiophene rings is 1. The quantitative estimate of drug-likeness (QED) is 0.374. The fourth-order valence-electron chi connectivity index (χ4n) is 3.26. The van der Waals surface area contributed by atoms with E-state index in [0.29, 0.717) is 22.3 Å². The van der Waals surface area contributed by atoms with E-state index in [2.05, 4.69) is 15.0 Å². The molecule has 3 aromatic rings. The van der Waals surface area contributed by atoms with E-state index in [0.717, 1.165) is 22.2 Å². The van der Waals surface area contributed by atoms with Crippen molar-refractivity contribution in [2.75, 3.05) is 23.1 Å². The number of nitrogens with one attached hydrogen (secondary N) is 1. The fourth-order valence-corrected chi connectivity index (χ4v) is 4.92. The van der Waals surface area contributed by atoms with E-state index in [1.165, 1.54) is 40.5 Å². The van der Waals surface area contributed by atoms with Crippen LogP contribution in [0.3, 0.4) is 0 Å². The number of alkyl halides is 2. The van der Waals surface area contributed by atoms with Crippen LogP contribution < -0.4 is 19.7 Å². The highest BCUT2D eigenvalue weighted by Crippen LogP contribution is 2.32. The van der Waals surface area contributed by atoms with Gasteiger partial charge in [0.15, 0.2) is 5.17 Å². The minimum atomic E-state index is -2.95. The van der Waals surface area contributed by atoms with Crippen molar-refractivity contribution >= 4 is 57.5 Å². The van der Waals surface area contributed by atoms with Gasteiger partial charge in [0, 0.05) is 10.6 Å². The average molecular weight is 530 g/mol. The molecule has 7 nitrogen and oxygen atoms in total. The van der Waals surface area contributed by atoms with Gasteiger partial charge in [-0.3, -0.25) is 14.5 Å². The molecular formula is C25H21F2N3O4S2. The number of halogens is 2. The molecule has 4 rings (SSSR count). The van der Waals surface area contributed by atoms with E-state index >= 15 is 0 Å². The Morgan fingerprint density at radius 1 is 1.14 bits per heavy atom. The number of hydrogen-bond donors (Lipinski definition) is 1. The summed E-state index contributed by atoms with van der Waals surface area (Å²) in [6.07, 6.45) is 1.70. The van der Waals surface area contributed by atoms with Gasteiger partial charge in [0.2, 0.25) is 5.91 Å². The Morgan fingerprint density at radius 3 is 2.44 bits per heavy atom. The van der Waals surface area contributed by atoms with Crippen LogP contribution in [0.5, 0.6) is 11.5 Å². The predicted octanol–water partition coefficient (Wildman–Crippen LogP) is 5.78. The second kappa shape index (κ2) is 11.4. The Bertz CT molecular complexity index is 1310. The summed E-state index contributed by atoms with van der Waals surface area (Å²) in [6, 6.07) is 14.5. The van der Waals surface area contributed by atoms with Crippen LogP contribution in [-0.2, 0) is 9.59 Å². The molecule has 0 radical (unpaired) electrons. The third kappa shape index (κ3) is 6.10. The molecular weight excluding hydrogens is 508 g/mol. The maximum absolute atomic E-state index is 13.3. The van der Waals surface area contributed by atoms with Crippen LogP contribution in [0.15, 0.2) is 70.7 Å². The molecule has 1 aliphatic heterocycles. The van der Waals surface area contributed by atoms with E-state index in [4.69, 9.17) is 4.74 Å². The molecule has 0 saturated heterocycles. The van der Waals surface area contributed by atoms with Crippen molar-refractivity contribution in [2.24, 2.45) is 4.99 Å². The van der Waals surface area contributed by atoms with E-state index in [-0.39, 0.29) is 29.0 Å². The summed E-state index contributed by atoms with van der Waals surface area (Å²) < 4.78 is 34.6. The van der Waals surface area contributed by atoms with Gasteiger partial charge >= 0.3 is 6.61 Å². The number of amides is 2. The Kier molecular flexibility index (Phi) is 8.01. The van der Waals surface area contributed by atoms with Gasteiger partial charge in [-0.2, -0.15) is 8.78 Å². The van der Waals surface area contributed by atoms with Crippen LogP contribution in [-0.4, -0.2) is 36.5 Å². The highest BCUT2D eigenvalue weighted by Gasteiger charge is 2.32. The Hall–Kier alpha value is -3.70. The molecule has 186 valence electrons. The summed E-state index contributed by atoms with van der Waals surface area (Å²) >= 11 is 2.57. The number of anilines is 2. The molecule has 0 saturated carbocycles. The molecule has 1 aromatic heterocycles. The van der Waals surface area contributed by atoms with Crippen LogP contribution in [0.25, 0.3) is 6.08 Å². The van der Waals surface area contributed by atoms with E-state index < -0.39 is 6.61 Å². The van der Waals surface area contributed by atoms with Crippen LogP contribution >= 0.6 is 23.1 Å². The SMILES string of the molecule is COc1ccc(NC(=O)CSC2=NC(=Cc3sccc3C)C(=O)N2c2ccc(OC(F)F)cc2)cc1. The number of nitrogens with zero attached hydrogens (tertiary/aromatic N) is 2. The first-order chi connectivity index (χ1) is 17.3. The average Bonchev–Trinajstić information content (AvgIpc) is 3.41. The van der Waals surface area contributed by atoms with Crippen molar-refractivity contribution in [1.82, 2.24) is 0 Å². The first kappa shape index (κ1) is 25.4. The zero-order valence-corrected chi connectivity index (χ0v) is 20.9. The standard InChI is InChI=1S/C25H21F2N3O4S2/c1-15-11-12-35-21(15)13-20-23(32)30(17-5-9-19(10-6-17)34-24(26)27)25(29-20)36-14-22(31)28-16-3-7-18(33-2)8-4-16/h3-13,24H,14H2,1-2H3,(H,28,31). The second-order valence-electron chi connectivity index (χ2n) is 7.47. The molecule has 1 aliphatic rings. The van der Waals surface area contributed by atoms with Gasteiger partial charge in [-0.25, -0.2) is 4.99 Å². The number of amidine groups is 1. The predicted molar refractivity (Wildman–Crippen MR) is 139 cm³/mol. The molecule has 1 N–H and O–H groups in total.